The Kier molecular flexibility index (Phi) is 41.6. The number of hydrogen-bond acceptors (Lipinski definition) is 8. The summed E-state index contributed by atoms with van der Waals surface area (Å²) in [5.74, 6) is -0.897. The molecule has 0 fully saturated rings. The lowest BCUT2D eigenvalue weighted by Gasteiger charge is -2.19. The maximum Gasteiger partial charge on any atom is 0.472 e. The van der Waals surface area contributed by atoms with E-state index in [1.54, 1.807) is 0 Å². The molecule has 0 saturated heterocycles. The van der Waals surface area contributed by atoms with E-state index in [0.29, 0.717) is 12.8 Å². The molecule has 57 heavy (non-hydrogen) atoms. The molecule has 0 radical (unpaired) electrons. The van der Waals surface area contributed by atoms with Gasteiger partial charge in [0.05, 0.1) is 13.2 Å². The summed E-state index contributed by atoms with van der Waals surface area (Å²) in [6, 6.07) is 0. The fourth-order valence-electron chi connectivity index (χ4n) is 6.14. The van der Waals surface area contributed by atoms with Crippen LogP contribution in [0.15, 0.2) is 61.3 Å². The summed E-state index contributed by atoms with van der Waals surface area (Å²) in [4.78, 5) is 34.9. The van der Waals surface area contributed by atoms with E-state index in [1.165, 1.54) is 109 Å². The van der Waals surface area contributed by atoms with Crippen LogP contribution in [-0.4, -0.2) is 49.3 Å². The van der Waals surface area contributed by atoms with Gasteiger partial charge in [-0.1, -0.05) is 171 Å². The van der Waals surface area contributed by atoms with Crippen molar-refractivity contribution in [1.29, 1.82) is 0 Å². The molecule has 0 aliphatic rings. The van der Waals surface area contributed by atoms with E-state index in [9.17, 15) is 19.0 Å². The molecular weight excluding hydrogens is 737 g/mol. The molecule has 0 spiro atoms. The SMILES string of the molecule is C=CCCCCCCCCCCCCCCCC(=O)O[C@@H](COC(=O)CCC/C=C/C/C=C/C/C=C/C/C=C/CCCCCCCCC)COP(=O)(O)OCCN. The van der Waals surface area contributed by atoms with Gasteiger partial charge in [-0.05, 0) is 64.2 Å². The number of nitrogens with two attached hydrogens (primary N) is 1. The van der Waals surface area contributed by atoms with Crippen molar-refractivity contribution >= 4 is 19.8 Å². The molecule has 0 aromatic rings. The van der Waals surface area contributed by atoms with E-state index in [-0.39, 0.29) is 32.6 Å². The van der Waals surface area contributed by atoms with Crippen molar-refractivity contribution in [3.63, 3.8) is 0 Å². The number of phosphoric ester groups is 1. The molecule has 0 aromatic carbocycles. The monoisotopic (exact) mass is 822 g/mol. The third kappa shape index (κ3) is 43.1. The number of hydrogen-bond donors (Lipinski definition) is 2. The second-order valence-corrected chi connectivity index (χ2v) is 16.5. The molecule has 330 valence electrons. The van der Waals surface area contributed by atoms with E-state index < -0.39 is 32.5 Å². The summed E-state index contributed by atoms with van der Waals surface area (Å²) in [6.45, 7) is 5.19. The summed E-state index contributed by atoms with van der Waals surface area (Å²) in [7, 11) is -4.39. The van der Waals surface area contributed by atoms with Crippen LogP contribution in [0.4, 0.5) is 0 Å². The Bertz CT molecular complexity index is 1110. The Morgan fingerprint density at radius 2 is 1.02 bits per heavy atom. The summed E-state index contributed by atoms with van der Waals surface area (Å²) < 4.78 is 32.7. The number of carbonyl (C=O) groups excluding carboxylic acids is 2. The first-order valence-electron chi connectivity index (χ1n) is 22.7. The van der Waals surface area contributed by atoms with Gasteiger partial charge in [0.1, 0.15) is 6.61 Å². The van der Waals surface area contributed by atoms with Crippen LogP contribution in [0.1, 0.15) is 193 Å². The molecule has 0 aromatic heterocycles. The highest BCUT2D eigenvalue weighted by molar-refractivity contribution is 7.47. The molecular formula is C47H84NO8P. The van der Waals surface area contributed by atoms with Crippen molar-refractivity contribution in [3.05, 3.63) is 61.3 Å². The summed E-state index contributed by atoms with van der Waals surface area (Å²) in [5.41, 5.74) is 5.35. The van der Waals surface area contributed by atoms with E-state index in [2.05, 4.69) is 62.1 Å². The maximum atomic E-state index is 12.6. The zero-order chi connectivity index (χ0) is 41.8. The van der Waals surface area contributed by atoms with Gasteiger partial charge < -0.3 is 20.1 Å². The van der Waals surface area contributed by atoms with Crippen LogP contribution in [0.2, 0.25) is 0 Å². The number of phosphoric acid groups is 1. The minimum atomic E-state index is -4.39. The molecule has 0 rings (SSSR count). The highest BCUT2D eigenvalue weighted by Gasteiger charge is 2.26. The van der Waals surface area contributed by atoms with Gasteiger partial charge in [0.25, 0.3) is 0 Å². The van der Waals surface area contributed by atoms with Gasteiger partial charge in [-0.3, -0.25) is 18.6 Å². The average Bonchev–Trinajstić information content (AvgIpc) is 3.20. The van der Waals surface area contributed by atoms with E-state index in [1.807, 2.05) is 6.08 Å². The number of allylic oxidation sites excluding steroid dienone is 9. The molecule has 0 bridgehead atoms. The average molecular weight is 822 g/mol. The van der Waals surface area contributed by atoms with Gasteiger partial charge in [0, 0.05) is 19.4 Å². The van der Waals surface area contributed by atoms with Crippen molar-refractivity contribution in [1.82, 2.24) is 0 Å². The van der Waals surface area contributed by atoms with Gasteiger partial charge in [0.2, 0.25) is 0 Å². The Morgan fingerprint density at radius 3 is 1.53 bits per heavy atom. The first-order valence-corrected chi connectivity index (χ1v) is 24.2. The quantitative estimate of drug-likeness (QED) is 0.0267. The first-order chi connectivity index (χ1) is 27.8. The van der Waals surface area contributed by atoms with Crippen LogP contribution >= 0.6 is 7.82 Å². The second kappa shape index (κ2) is 43.3. The van der Waals surface area contributed by atoms with Crippen LogP contribution in [0, 0.1) is 0 Å². The number of carbonyl (C=O) groups is 2. The van der Waals surface area contributed by atoms with Crippen molar-refractivity contribution in [3.8, 4) is 0 Å². The highest BCUT2D eigenvalue weighted by Crippen LogP contribution is 2.43. The molecule has 0 aliphatic heterocycles. The molecule has 0 aliphatic carbocycles. The van der Waals surface area contributed by atoms with Gasteiger partial charge in [-0.15, -0.1) is 6.58 Å². The number of rotatable bonds is 43. The predicted molar refractivity (Wildman–Crippen MR) is 238 cm³/mol. The zero-order valence-corrected chi connectivity index (χ0v) is 37.0. The van der Waals surface area contributed by atoms with E-state index >= 15 is 0 Å². The Morgan fingerprint density at radius 1 is 0.579 bits per heavy atom. The lowest BCUT2D eigenvalue weighted by Crippen LogP contribution is -2.29. The largest absolute Gasteiger partial charge is 0.472 e. The van der Waals surface area contributed by atoms with Gasteiger partial charge in [-0.2, -0.15) is 0 Å². The molecule has 3 N–H and O–H groups in total. The summed E-state index contributed by atoms with van der Waals surface area (Å²) >= 11 is 0. The Hall–Kier alpha value is -2.29. The fourth-order valence-corrected chi connectivity index (χ4v) is 6.90. The van der Waals surface area contributed by atoms with Crippen LogP contribution in [0.25, 0.3) is 0 Å². The lowest BCUT2D eigenvalue weighted by atomic mass is 10.0. The lowest BCUT2D eigenvalue weighted by molar-refractivity contribution is -0.161. The molecule has 0 amide bonds. The third-order valence-electron chi connectivity index (χ3n) is 9.52. The molecule has 1 unspecified atom stereocenters. The summed E-state index contributed by atoms with van der Waals surface area (Å²) in [6.07, 6.45) is 50.1. The smallest absolute Gasteiger partial charge is 0.462 e. The van der Waals surface area contributed by atoms with E-state index in [4.69, 9.17) is 24.3 Å². The topological polar surface area (TPSA) is 134 Å². The van der Waals surface area contributed by atoms with Gasteiger partial charge in [0.15, 0.2) is 6.10 Å². The first kappa shape index (κ1) is 54.7. The predicted octanol–water partition coefficient (Wildman–Crippen LogP) is 13.3. The van der Waals surface area contributed by atoms with Crippen molar-refractivity contribution in [2.45, 2.75) is 199 Å². The Labute approximate surface area is 349 Å². The normalized spacial score (nSPS) is 13.6. The number of esters is 2. The van der Waals surface area contributed by atoms with Gasteiger partial charge in [-0.25, -0.2) is 4.57 Å². The van der Waals surface area contributed by atoms with Crippen LogP contribution in [0.5, 0.6) is 0 Å². The standard InChI is InChI=1S/C47H84NO8P/c1-3-5-7-9-11-13-15-17-19-20-21-22-23-24-26-27-29-31-33-35-37-39-46(49)53-43-45(44-55-57(51,52)54-42-41-48)56-47(50)40-38-36-34-32-30-28-25-18-16-14-12-10-8-6-4-2/h4,19-20,22-23,26-27,31,33,45H,2-3,5-18,21,24-25,28-30,32,34-44,48H2,1H3,(H,51,52)/b20-19+,23-22+,27-26+,33-31+/t45-/m0/s1. The molecule has 0 heterocycles. The van der Waals surface area contributed by atoms with E-state index in [0.717, 1.165) is 51.4 Å². The van der Waals surface area contributed by atoms with Crippen LogP contribution < -0.4 is 5.73 Å². The second-order valence-electron chi connectivity index (χ2n) is 15.0. The maximum absolute atomic E-state index is 12.6. The number of unbranched alkanes of at least 4 members (excludes halogenated alkanes) is 21. The minimum Gasteiger partial charge on any atom is -0.462 e. The molecule has 9 nitrogen and oxygen atoms in total. The molecule has 0 saturated carbocycles. The van der Waals surface area contributed by atoms with Crippen LogP contribution in [0.3, 0.4) is 0 Å². The highest BCUT2D eigenvalue weighted by atomic mass is 31.2. The minimum absolute atomic E-state index is 0.0437. The third-order valence-corrected chi connectivity index (χ3v) is 10.5. The fraction of sp³-hybridized carbons (Fsp3) is 0.745. The summed E-state index contributed by atoms with van der Waals surface area (Å²) in [5, 5.41) is 0. The van der Waals surface area contributed by atoms with Crippen molar-refractivity contribution < 1.29 is 37.6 Å². The van der Waals surface area contributed by atoms with Crippen molar-refractivity contribution in [2.24, 2.45) is 5.73 Å². The molecule has 2 atom stereocenters. The number of ether oxygens (including phenoxy) is 2. The Balaban J connectivity index is 4.20. The van der Waals surface area contributed by atoms with Gasteiger partial charge >= 0.3 is 19.8 Å². The zero-order valence-electron chi connectivity index (χ0n) is 36.1. The van der Waals surface area contributed by atoms with Crippen molar-refractivity contribution in [2.75, 3.05) is 26.4 Å². The van der Waals surface area contributed by atoms with Crippen LogP contribution in [-0.2, 0) is 32.7 Å². The molecule has 10 heteroatoms.